The summed E-state index contributed by atoms with van der Waals surface area (Å²) in [6, 6.07) is 55.4. The van der Waals surface area contributed by atoms with E-state index in [9.17, 15) is 0 Å². The van der Waals surface area contributed by atoms with Crippen LogP contribution in [0.2, 0.25) is 0 Å². The Morgan fingerprint density at radius 1 is 0.510 bits per heavy atom. The molecule has 0 amide bonds. The van der Waals surface area contributed by atoms with Gasteiger partial charge in [-0.25, -0.2) is 0 Å². The van der Waals surface area contributed by atoms with Crippen LogP contribution in [0.15, 0.2) is 168 Å². The SMILES string of the molecule is C/C=C\c1ccccc1C(C)c1ccc(-c2ccc3c(c2)Sc2ccccc2O3)c(-c2ccc3c4ccccc4c4ccccc4c3c2)c1. The van der Waals surface area contributed by atoms with Crippen LogP contribution in [0.4, 0.5) is 0 Å². The molecule has 49 heavy (non-hydrogen) atoms. The fourth-order valence-corrected chi connectivity index (χ4v) is 8.50. The van der Waals surface area contributed by atoms with E-state index in [1.807, 2.05) is 12.1 Å². The van der Waals surface area contributed by atoms with Gasteiger partial charge in [0.2, 0.25) is 0 Å². The summed E-state index contributed by atoms with van der Waals surface area (Å²) in [6.45, 7) is 4.41. The fourth-order valence-electron chi connectivity index (χ4n) is 7.51. The smallest absolute Gasteiger partial charge is 0.141 e. The Labute approximate surface area is 291 Å². The van der Waals surface area contributed by atoms with E-state index in [0.29, 0.717) is 0 Å². The molecule has 0 saturated carbocycles. The van der Waals surface area contributed by atoms with Crippen molar-refractivity contribution in [3.63, 3.8) is 0 Å². The molecule has 0 bridgehead atoms. The van der Waals surface area contributed by atoms with Gasteiger partial charge in [0.15, 0.2) is 0 Å². The molecule has 2 heteroatoms. The number of fused-ring (bicyclic) bond motifs is 8. The first-order chi connectivity index (χ1) is 24.2. The minimum absolute atomic E-state index is 0.217. The topological polar surface area (TPSA) is 9.23 Å². The van der Waals surface area contributed by atoms with Gasteiger partial charge in [0, 0.05) is 5.92 Å². The van der Waals surface area contributed by atoms with Crippen molar-refractivity contribution in [1.29, 1.82) is 0 Å². The second-order valence-electron chi connectivity index (χ2n) is 12.8. The van der Waals surface area contributed by atoms with Crippen molar-refractivity contribution in [2.24, 2.45) is 0 Å². The zero-order chi connectivity index (χ0) is 32.9. The largest absolute Gasteiger partial charge is 0.455 e. The predicted octanol–water partition coefficient (Wildman–Crippen LogP) is 13.9. The van der Waals surface area contributed by atoms with E-state index in [1.165, 1.54) is 71.3 Å². The minimum Gasteiger partial charge on any atom is -0.455 e. The van der Waals surface area contributed by atoms with Crippen LogP contribution < -0.4 is 4.74 Å². The predicted molar refractivity (Wildman–Crippen MR) is 209 cm³/mol. The lowest BCUT2D eigenvalue weighted by Crippen LogP contribution is -2.00. The molecule has 0 N–H and O–H groups in total. The molecule has 1 atom stereocenters. The molecule has 0 aliphatic carbocycles. The van der Waals surface area contributed by atoms with Gasteiger partial charge in [0.1, 0.15) is 11.5 Å². The monoisotopic (exact) mass is 646 g/mol. The molecule has 9 rings (SSSR count). The maximum Gasteiger partial charge on any atom is 0.141 e. The van der Waals surface area contributed by atoms with Gasteiger partial charge in [0.25, 0.3) is 0 Å². The Morgan fingerprint density at radius 2 is 1.12 bits per heavy atom. The highest BCUT2D eigenvalue weighted by Gasteiger charge is 2.21. The van der Waals surface area contributed by atoms with E-state index in [4.69, 9.17) is 4.74 Å². The fraction of sp³-hybridized carbons (Fsp3) is 0.0638. The number of ether oxygens (including phenoxy) is 1. The zero-order valence-electron chi connectivity index (χ0n) is 27.5. The van der Waals surface area contributed by atoms with Crippen molar-refractivity contribution in [2.45, 2.75) is 29.6 Å². The van der Waals surface area contributed by atoms with Gasteiger partial charge in [-0.05, 0) is 115 Å². The van der Waals surface area contributed by atoms with Crippen molar-refractivity contribution in [1.82, 2.24) is 0 Å². The quantitative estimate of drug-likeness (QED) is 0.172. The van der Waals surface area contributed by atoms with Crippen LogP contribution >= 0.6 is 11.8 Å². The van der Waals surface area contributed by atoms with Crippen molar-refractivity contribution in [3.8, 4) is 33.8 Å². The Hall–Kier alpha value is -5.57. The third kappa shape index (κ3) is 5.12. The highest BCUT2D eigenvalue weighted by Crippen LogP contribution is 2.49. The van der Waals surface area contributed by atoms with Crippen molar-refractivity contribution >= 4 is 50.2 Å². The van der Waals surface area contributed by atoms with Crippen LogP contribution in [-0.4, -0.2) is 0 Å². The number of para-hydroxylation sites is 1. The molecule has 1 heterocycles. The van der Waals surface area contributed by atoms with Gasteiger partial charge in [-0.1, -0.05) is 146 Å². The van der Waals surface area contributed by atoms with E-state index in [0.717, 1.165) is 21.3 Å². The average molecular weight is 647 g/mol. The molecule has 0 radical (unpaired) electrons. The summed E-state index contributed by atoms with van der Waals surface area (Å²) >= 11 is 1.78. The summed E-state index contributed by atoms with van der Waals surface area (Å²) in [4.78, 5) is 2.28. The van der Waals surface area contributed by atoms with E-state index < -0.39 is 0 Å². The molecular weight excluding hydrogens is 613 g/mol. The van der Waals surface area contributed by atoms with Gasteiger partial charge >= 0.3 is 0 Å². The number of benzene rings is 8. The molecule has 0 saturated heterocycles. The summed E-state index contributed by atoms with van der Waals surface area (Å²) in [5.41, 5.74) is 8.73. The van der Waals surface area contributed by atoms with Crippen LogP contribution in [0.25, 0.3) is 60.6 Å². The lowest BCUT2D eigenvalue weighted by molar-refractivity contribution is 0.454. The molecule has 0 aromatic heterocycles. The molecular formula is C47H34OS. The lowest BCUT2D eigenvalue weighted by atomic mass is 9.84. The molecule has 1 aliphatic heterocycles. The number of hydrogen-bond acceptors (Lipinski definition) is 2. The van der Waals surface area contributed by atoms with E-state index in [1.54, 1.807) is 11.8 Å². The van der Waals surface area contributed by atoms with E-state index in [2.05, 4.69) is 166 Å². The van der Waals surface area contributed by atoms with Gasteiger partial charge < -0.3 is 4.74 Å². The Balaban J connectivity index is 1.25. The molecule has 1 nitrogen and oxygen atoms in total. The highest BCUT2D eigenvalue weighted by molar-refractivity contribution is 7.99. The van der Waals surface area contributed by atoms with Crippen molar-refractivity contribution in [3.05, 3.63) is 174 Å². The van der Waals surface area contributed by atoms with Crippen LogP contribution in [0.1, 0.15) is 36.5 Å². The Morgan fingerprint density at radius 3 is 1.90 bits per heavy atom. The minimum atomic E-state index is 0.217. The van der Waals surface area contributed by atoms with Crippen molar-refractivity contribution < 1.29 is 4.74 Å². The van der Waals surface area contributed by atoms with Gasteiger partial charge in [-0.2, -0.15) is 0 Å². The molecule has 1 aliphatic rings. The molecule has 0 spiro atoms. The van der Waals surface area contributed by atoms with E-state index >= 15 is 0 Å². The second-order valence-corrected chi connectivity index (χ2v) is 13.9. The third-order valence-electron chi connectivity index (χ3n) is 9.95. The van der Waals surface area contributed by atoms with Crippen molar-refractivity contribution in [2.75, 3.05) is 0 Å². The maximum absolute atomic E-state index is 6.31. The lowest BCUT2D eigenvalue weighted by Gasteiger charge is -2.22. The zero-order valence-corrected chi connectivity index (χ0v) is 28.3. The first-order valence-corrected chi connectivity index (χ1v) is 17.8. The molecule has 8 aromatic rings. The molecule has 0 fully saturated rings. The van der Waals surface area contributed by atoms with Gasteiger partial charge in [-0.3, -0.25) is 0 Å². The summed E-state index contributed by atoms with van der Waals surface area (Å²) in [5.74, 6) is 2.04. The summed E-state index contributed by atoms with van der Waals surface area (Å²) in [5, 5.41) is 7.72. The van der Waals surface area contributed by atoms with Crippen LogP contribution in [-0.2, 0) is 0 Å². The van der Waals surface area contributed by atoms with Crippen LogP contribution in [0.5, 0.6) is 11.5 Å². The maximum atomic E-state index is 6.31. The number of hydrogen-bond donors (Lipinski definition) is 0. The summed E-state index contributed by atoms with van der Waals surface area (Å²) in [6.07, 6.45) is 4.34. The molecule has 234 valence electrons. The normalized spacial score (nSPS) is 13.0. The molecule has 1 unspecified atom stereocenters. The van der Waals surface area contributed by atoms with Crippen LogP contribution in [0, 0.1) is 0 Å². The molecule has 8 aromatic carbocycles. The first kappa shape index (κ1) is 29.6. The third-order valence-corrected chi connectivity index (χ3v) is 11.0. The number of allylic oxidation sites excluding steroid dienone is 1. The van der Waals surface area contributed by atoms with Gasteiger partial charge in [0.05, 0.1) is 9.79 Å². The summed E-state index contributed by atoms with van der Waals surface area (Å²) < 4.78 is 6.31. The number of rotatable bonds is 5. The van der Waals surface area contributed by atoms with Crippen LogP contribution in [0.3, 0.4) is 0 Å². The average Bonchev–Trinajstić information content (AvgIpc) is 3.16. The summed E-state index contributed by atoms with van der Waals surface area (Å²) in [7, 11) is 0. The Bertz CT molecular complexity index is 2560. The highest BCUT2D eigenvalue weighted by atomic mass is 32.2. The van der Waals surface area contributed by atoms with Gasteiger partial charge in [-0.15, -0.1) is 0 Å². The Kier molecular flexibility index (Phi) is 7.33. The van der Waals surface area contributed by atoms with E-state index in [-0.39, 0.29) is 5.92 Å². The second kappa shape index (κ2) is 12.1. The first-order valence-electron chi connectivity index (χ1n) is 16.9. The standard InChI is InChI=1S/C47H34OS/c1-3-12-31-13-4-5-14-35(31)30(2)32-21-24-36(34-23-26-45-47(29-34)49-46-20-11-10-19-44(46)48-45)42(27-32)33-22-25-41-39-17-7-6-15-37(39)38-16-8-9-18-40(38)43(41)28-33/h3-30H,1-2H3/b12-3-.